The number of carbonyl (C=O) groups excluding carboxylic acids is 1. The zero-order valence-corrected chi connectivity index (χ0v) is 15.3. The van der Waals surface area contributed by atoms with Crippen LogP contribution in [0.5, 0.6) is 0 Å². The highest BCUT2D eigenvalue weighted by atomic mass is 19.4. The number of hydrogen-bond donors (Lipinski definition) is 1. The molecule has 146 valence electrons. The first-order valence-electron chi connectivity index (χ1n) is 9.00. The SMILES string of the molecule is C[C@H](CO)CCC(=O)c1cnc2c(-c3ccc(C(F)(F)F)cc3)cccc2c1. The van der Waals surface area contributed by atoms with Crippen LogP contribution < -0.4 is 0 Å². The van der Waals surface area contributed by atoms with Gasteiger partial charge in [-0.15, -0.1) is 0 Å². The van der Waals surface area contributed by atoms with Gasteiger partial charge in [-0.25, -0.2) is 0 Å². The lowest BCUT2D eigenvalue weighted by Crippen LogP contribution is -2.06. The number of halogens is 3. The summed E-state index contributed by atoms with van der Waals surface area (Å²) in [7, 11) is 0. The van der Waals surface area contributed by atoms with Crippen molar-refractivity contribution in [3.8, 4) is 11.1 Å². The van der Waals surface area contributed by atoms with E-state index in [9.17, 15) is 18.0 Å². The van der Waals surface area contributed by atoms with Gasteiger partial charge in [-0.05, 0) is 36.1 Å². The second-order valence-corrected chi connectivity index (χ2v) is 6.93. The standard InChI is InChI=1S/C22H20F3NO2/c1-14(13-27)5-10-20(28)17-11-16-3-2-4-19(21(16)26-12-17)15-6-8-18(9-7-15)22(23,24)25/h2-4,6-9,11-12,14,27H,5,10,13H2,1H3/t14-/m0/s1. The molecule has 3 aromatic rings. The van der Waals surface area contributed by atoms with Gasteiger partial charge in [0.1, 0.15) is 0 Å². The molecule has 0 aliphatic heterocycles. The Labute approximate surface area is 160 Å². The molecular weight excluding hydrogens is 367 g/mol. The molecule has 0 amide bonds. The van der Waals surface area contributed by atoms with E-state index in [1.165, 1.54) is 18.3 Å². The van der Waals surface area contributed by atoms with E-state index >= 15 is 0 Å². The number of aliphatic hydroxyl groups is 1. The Bertz CT molecular complexity index is 981. The number of carbonyl (C=O) groups is 1. The van der Waals surface area contributed by atoms with Gasteiger partial charge in [0.2, 0.25) is 0 Å². The Hall–Kier alpha value is -2.73. The molecule has 2 aromatic carbocycles. The summed E-state index contributed by atoms with van der Waals surface area (Å²) in [6, 6.07) is 12.1. The van der Waals surface area contributed by atoms with Crippen LogP contribution in [0.1, 0.15) is 35.7 Å². The van der Waals surface area contributed by atoms with Crippen LogP contribution in [-0.2, 0) is 6.18 Å². The van der Waals surface area contributed by atoms with Gasteiger partial charge in [-0.2, -0.15) is 13.2 Å². The van der Waals surface area contributed by atoms with Crippen LogP contribution in [0, 0.1) is 5.92 Å². The Morgan fingerprint density at radius 3 is 2.50 bits per heavy atom. The Kier molecular flexibility index (Phi) is 5.79. The predicted molar refractivity (Wildman–Crippen MR) is 102 cm³/mol. The second-order valence-electron chi connectivity index (χ2n) is 6.93. The number of rotatable bonds is 6. The number of alkyl halides is 3. The summed E-state index contributed by atoms with van der Waals surface area (Å²) < 4.78 is 38.3. The van der Waals surface area contributed by atoms with Crippen molar-refractivity contribution in [1.29, 1.82) is 0 Å². The van der Waals surface area contributed by atoms with Crippen molar-refractivity contribution >= 4 is 16.7 Å². The second kappa shape index (κ2) is 8.10. The third-order valence-electron chi connectivity index (χ3n) is 4.73. The largest absolute Gasteiger partial charge is 0.416 e. The van der Waals surface area contributed by atoms with Gasteiger partial charge in [-0.3, -0.25) is 9.78 Å². The van der Waals surface area contributed by atoms with Gasteiger partial charge < -0.3 is 5.11 Å². The van der Waals surface area contributed by atoms with Crippen molar-refractivity contribution in [3.05, 3.63) is 65.9 Å². The Morgan fingerprint density at radius 1 is 1.14 bits per heavy atom. The molecule has 0 radical (unpaired) electrons. The molecule has 0 bridgehead atoms. The molecule has 0 saturated carbocycles. The van der Waals surface area contributed by atoms with E-state index in [1.54, 1.807) is 18.2 Å². The molecule has 6 heteroatoms. The van der Waals surface area contributed by atoms with E-state index in [0.29, 0.717) is 35.0 Å². The number of hydrogen-bond acceptors (Lipinski definition) is 3. The number of para-hydroxylation sites is 1. The van der Waals surface area contributed by atoms with Crippen molar-refractivity contribution in [3.63, 3.8) is 0 Å². The molecule has 0 saturated heterocycles. The zero-order chi connectivity index (χ0) is 20.3. The molecule has 0 aliphatic rings. The topological polar surface area (TPSA) is 50.2 Å². The minimum absolute atomic E-state index is 0.0414. The molecular formula is C22H20F3NO2. The van der Waals surface area contributed by atoms with Crippen LogP contribution >= 0.6 is 0 Å². The maximum Gasteiger partial charge on any atom is 0.416 e. The molecule has 28 heavy (non-hydrogen) atoms. The van der Waals surface area contributed by atoms with E-state index in [-0.39, 0.29) is 18.3 Å². The number of fused-ring (bicyclic) bond motifs is 1. The number of pyridine rings is 1. The van der Waals surface area contributed by atoms with Crippen molar-refractivity contribution < 1.29 is 23.1 Å². The van der Waals surface area contributed by atoms with Crippen molar-refractivity contribution in [2.75, 3.05) is 6.61 Å². The minimum Gasteiger partial charge on any atom is -0.396 e. The van der Waals surface area contributed by atoms with E-state index in [1.807, 2.05) is 13.0 Å². The lowest BCUT2D eigenvalue weighted by Gasteiger charge is -2.10. The number of nitrogens with zero attached hydrogens (tertiary/aromatic N) is 1. The smallest absolute Gasteiger partial charge is 0.396 e. The lowest BCUT2D eigenvalue weighted by molar-refractivity contribution is -0.137. The predicted octanol–water partition coefficient (Wildman–Crippen LogP) is 5.51. The van der Waals surface area contributed by atoms with Crippen LogP contribution in [0.4, 0.5) is 13.2 Å². The Balaban J connectivity index is 1.91. The number of benzene rings is 2. The van der Waals surface area contributed by atoms with Gasteiger partial charge in [-0.1, -0.05) is 37.3 Å². The molecule has 0 unspecified atom stereocenters. The summed E-state index contributed by atoms with van der Waals surface area (Å²) >= 11 is 0. The van der Waals surface area contributed by atoms with Crippen LogP contribution in [0.2, 0.25) is 0 Å². The molecule has 1 N–H and O–H groups in total. The average molecular weight is 387 g/mol. The van der Waals surface area contributed by atoms with Crippen molar-refractivity contribution in [2.24, 2.45) is 5.92 Å². The maximum absolute atomic E-state index is 12.8. The van der Waals surface area contributed by atoms with Gasteiger partial charge in [0.05, 0.1) is 11.1 Å². The normalized spacial score (nSPS) is 12.9. The fourth-order valence-electron chi connectivity index (χ4n) is 3.00. The third-order valence-corrected chi connectivity index (χ3v) is 4.73. The quantitative estimate of drug-likeness (QED) is 0.567. The van der Waals surface area contributed by atoms with E-state index < -0.39 is 11.7 Å². The van der Waals surface area contributed by atoms with Crippen LogP contribution in [0.3, 0.4) is 0 Å². The summed E-state index contributed by atoms with van der Waals surface area (Å²) in [5.74, 6) is 0.0123. The zero-order valence-electron chi connectivity index (χ0n) is 15.3. The third kappa shape index (κ3) is 4.39. The molecule has 0 aliphatic carbocycles. The lowest BCUT2D eigenvalue weighted by atomic mass is 9.98. The molecule has 1 heterocycles. The summed E-state index contributed by atoms with van der Waals surface area (Å²) in [6.45, 7) is 1.92. The van der Waals surface area contributed by atoms with Gasteiger partial charge in [0, 0.05) is 35.7 Å². The fourth-order valence-corrected chi connectivity index (χ4v) is 3.00. The number of aromatic nitrogens is 1. The van der Waals surface area contributed by atoms with Gasteiger partial charge in [0.25, 0.3) is 0 Å². The highest BCUT2D eigenvalue weighted by molar-refractivity contribution is 6.01. The van der Waals surface area contributed by atoms with E-state index in [0.717, 1.165) is 17.5 Å². The number of Topliss-reactive ketones (excluding diaryl/α,β-unsaturated/α-hetero) is 1. The molecule has 1 aromatic heterocycles. The monoisotopic (exact) mass is 387 g/mol. The molecule has 3 rings (SSSR count). The van der Waals surface area contributed by atoms with Crippen LogP contribution in [-0.4, -0.2) is 22.5 Å². The maximum atomic E-state index is 12.8. The summed E-state index contributed by atoms with van der Waals surface area (Å²) in [5, 5.41) is 9.82. The van der Waals surface area contributed by atoms with E-state index in [2.05, 4.69) is 4.98 Å². The average Bonchev–Trinajstić information content (AvgIpc) is 2.70. The van der Waals surface area contributed by atoms with Crippen molar-refractivity contribution in [2.45, 2.75) is 25.9 Å². The molecule has 0 fully saturated rings. The number of ketones is 1. The van der Waals surface area contributed by atoms with E-state index in [4.69, 9.17) is 5.11 Å². The van der Waals surface area contributed by atoms with Gasteiger partial charge in [0.15, 0.2) is 5.78 Å². The van der Waals surface area contributed by atoms with Gasteiger partial charge >= 0.3 is 6.18 Å². The summed E-state index contributed by atoms with van der Waals surface area (Å²) in [6.07, 6.45) is -1.95. The minimum atomic E-state index is -4.38. The summed E-state index contributed by atoms with van der Waals surface area (Å²) in [5.41, 5.74) is 1.75. The Morgan fingerprint density at radius 2 is 1.86 bits per heavy atom. The first-order valence-corrected chi connectivity index (χ1v) is 9.00. The van der Waals surface area contributed by atoms with Crippen LogP contribution in [0.15, 0.2) is 54.7 Å². The van der Waals surface area contributed by atoms with Crippen molar-refractivity contribution in [1.82, 2.24) is 4.98 Å². The fraction of sp³-hybridized carbons (Fsp3) is 0.273. The highest BCUT2D eigenvalue weighted by Gasteiger charge is 2.30. The first kappa shape index (κ1) is 20.0. The van der Waals surface area contributed by atoms with Crippen LogP contribution in [0.25, 0.3) is 22.0 Å². The first-order chi connectivity index (χ1) is 13.3. The summed E-state index contributed by atoms with van der Waals surface area (Å²) in [4.78, 5) is 16.8. The molecule has 1 atom stereocenters. The highest BCUT2D eigenvalue weighted by Crippen LogP contribution is 2.33. The molecule has 0 spiro atoms. The number of aliphatic hydroxyl groups excluding tert-OH is 1. The molecule has 3 nitrogen and oxygen atoms in total.